The molecule has 3 unspecified atom stereocenters. The number of aliphatic hydroxyl groups excluding tert-OH is 4. The predicted molar refractivity (Wildman–Crippen MR) is 65.3 cm³/mol. The summed E-state index contributed by atoms with van der Waals surface area (Å²) in [4.78, 5) is 1.88. The van der Waals surface area contributed by atoms with Crippen molar-refractivity contribution in [2.45, 2.75) is 56.7 Å². The van der Waals surface area contributed by atoms with E-state index in [1.807, 2.05) is 18.7 Å². The molecule has 7 heteroatoms. The van der Waals surface area contributed by atoms with E-state index in [4.69, 9.17) is 14.6 Å². The second kappa shape index (κ2) is 6.01. The van der Waals surface area contributed by atoms with E-state index in [1.54, 1.807) is 0 Å². The Hall–Kier alpha value is -0.280. The number of rotatable bonds is 2. The van der Waals surface area contributed by atoms with Crippen LogP contribution in [0.2, 0.25) is 0 Å². The molecule has 0 radical (unpaired) electrons. The van der Waals surface area contributed by atoms with Crippen molar-refractivity contribution in [3.05, 3.63) is 0 Å². The second-order valence-electron chi connectivity index (χ2n) is 5.43. The first-order valence-corrected chi connectivity index (χ1v) is 6.64. The maximum absolute atomic E-state index is 10.0. The van der Waals surface area contributed by atoms with E-state index in [-0.39, 0.29) is 12.2 Å². The highest BCUT2D eigenvalue weighted by molar-refractivity contribution is 4.93. The van der Waals surface area contributed by atoms with Crippen molar-refractivity contribution in [2.75, 3.05) is 19.7 Å². The quantitative estimate of drug-likeness (QED) is 0.458. The molecule has 7 nitrogen and oxygen atoms in total. The molecule has 0 aliphatic carbocycles. The minimum absolute atomic E-state index is 0.00359. The zero-order chi connectivity index (χ0) is 14.2. The zero-order valence-electron chi connectivity index (χ0n) is 11.2. The van der Waals surface area contributed by atoms with Crippen molar-refractivity contribution < 1.29 is 29.9 Å². The third-order valence-electron chi connectivity index (χ3n) is 3.67. The third-order valence-corrected chi connectivity index (χ3v) is 3.67. The SMILES string of the molecule is CC1CN(C2O[C@H](CO)[C@@H](O)[C@H](O)[C@H]2O)CC(C)O1. The Balaban J connectivity index is 2.09. The highest BCUT2D eigenvalue weighted by Crippen LogP contribution is 2.26. The Bertz CT molecular complexity index is 292. The Kier molecular flexibility index (Phi) is 4.78. The molecule has 2 aliphatic heterocycles. The van der Waals surface area contributed by atoms with Gasteiger partial charge in [-0.25, -0.2) is 0 Å². The van der Waals surface area contributed by atoms with Crippen LogP contribution in [0.4, 0.5) is 0 Å². The second-order valence-corrected chi connectivity index (χ2v) is 5.43. The number of morpholine rings is 1. The van der Waals surface area contributed by atoms with Crippen molar-refractivity contribution in [1.29, 1.82) is 0 Å². The maximum atomic E-state index is 10.0. The summed E-state index contributed by atoms with van der Waals surface area (Å²) in [5.74, 6) is 0. The summed E-state index contributed by atoms with van der Waals surface area (Å²) in [6.07, 6.45) is -5.47. The number of nitrogens with zero attached hydrogens (tertiary/aromatic N) is 1. The minimum atomic E-state index is -1.33. The van der Waals surface area contributed by atoms with Gasteiger partial charge in [0.05, 0.1) is 18.8 Å². The van der Waals surface area contributed by atoms with E-state index >= 15 is 0 Å². The topological polar surface area (TPSA) is 103 Å². The average Bonchev–Trinajstić information content (AvgIpc) is 2.35. The molecule has 112 valence electrons. The van der Waals surface area contributed by atoms with Crippen LogP contribution in [0.15, 0.2) is 0 Å². The zero-order valence-corrected chi connectivity index (χ0v) is 11.2. The molecule has 2 aliphatic rings. The highest BCUT2D eigenvalue weighted by atomic mass is 16.6. The molecule has 0 aromatic rings. The van der Waals surface area contributed by atoms with Gasteiger partial charge in [-0.1, -0.05) is 0 Å². The molecule has 0 spiro atoms. The van der Waals surface area contributed by atoms with E-state index in [9.17, 15) is 15.3 Å². The van der Waals surface area contributed by atoms with Gasteiger partial charge in [0.1, 0.15) is 30.6 Å². The number of hydrogen-bond donors (Lipinski definition) is 4. The molecule has 2 heterocycles. The molecular weight excluding hydrogens is 254 g/mol. The molecule has 0 saturated carbocycles. The first-order valence-electron chi connectivity index (χ1n) is 6.64. The van der Waals surface area contributed by atoms with Crippen LogP contribution >= 0.6 is 0 Å². The first-order chi connectivity index (χ1) is 8.93. The van der Waals surface area contributed by atoms with Gasteiger partial charge in [0, 0.05) is 13.1 Å². The van der Waals surface area contributed by atoms with E-state index in [2.05, 4.69) is 0 Å². The lowest BCUT2D eigenvalue weighted by Gasteiger charge is -2.47. The lowest BCUT2D eigenvalue weighted by Crippen LogP contribution is -2.65. The smallest absolute Gasteiger partial charge is 0.140 e. The fourth-order valence-electron chi connectivity index (χ4n) is 2.81. The predicted octanol–water partition coefficient (Wildman–Crippen LogP) is -2.10. The lowest BCUT2D eigenvalue weighted by molar-refractivity contribution is -0.276. The maximum Gasteiger partial charge on any atom is 0.140 e. The Morgan fingerprint density at radius 2 is 1.53 bits per heavy atom. The van der Waals surface area contributed by atoms with Gasteiger partial charge in [-0.05, 0) is 13.8 Å². The lowest BCUT2D eigenvalue weighted by atomic mass is 9.97. The molecule has 2 rings (SSSR count). The van der Waals surface area contributed by atoms with Gasteiger partial charge in [0.15, 0.2) is 0 Å². The van der Waals surface area contributed by atoms with Gasteiger partial charge >= 0.3 is 0 Å². The van der Waals surface area contributed by atoms with Crippen molar-refractivity contribution in [3.63, 3.8) is 0 Å². The van der Waals surface area contributed by atoms with Crippen LogP contribution in [0.1, 0.15) is 13.8 Å². The van der Waals surface area contributed by atoms with E-state index in [1.165, 1.54) is 0 Å². The number of aliphatic hydroxyl groups is 4. The Labute approximate surface area is 112 Å². The van der Waals surface area contributed by atoms with E-state index in [0.717, 1.165) is 0 Å². The fraction of sp³-hybridized carbons (Fsp3) is 1.00. The minimum Gasteiger partial charge on any atom is -0.394 e. The Morgan fingerprint density at radius 3 is 2.05 bits per heavy atom. The van der Waals surface area contributed by atoms with Crippen molar-refractivity contribution in [2.24, 2.45) is 0 Å². The molecule has 0 amide bonds. The van der Waals surface area contributed by atoms with Crippen molar-refractivity contribution in [1.82, 2.24) is 4.90 Å². The van der Waals surface area contributed by atoms with Crippen LogP contribution < -0.4 is 0 Å². The number of hydrogen-bond acceptors (Lipinski definition) is 7. The van der Waals surface area contributed by atoms with Crippen LogP contribution in [0.5, 0.6) is 0 Å². The summed E-state index contributed by atoms with van der Waals surface area (Å²) in [5.41, 5.74) is 0. The summed E-state index contributed by atoms with van der Waals surface area (Å²) in [6.45, 7) is 4.57. The van der Waals surface area contributed by atoms with Gasteiger partial charge in [-0.15, -0.1) is 0 Å². The van der Waals surface area contributed by atoms with E-state index < -0.39 is 37.3 Å². The number of ether oxygens (including phenoxy) is 2. The molecular formula is C12H23NO6. The normalized spacial score (nSPS) is 49.3. The van der Waals surface area contributed by atoms with Gasteiger partial charge in [-0.2, -0.15) is 0 Å². The first kappa shape index (κ1) is 15.1. The summed E-state index contributed by atoms with van der Waals surface area (Å²) < 4.78 is 11.1. The third kappa shape index (κ3) is 3.08. The summed E-state index contributed by atoms with van der Waals surface area (Å²) in [5, 5.41) is 38.7. The summed E-state index contributed by atoms with van der Waals surface area (Å²) in [6, 6.07) is 0. The standard InChI is InChI=1S/C12H23NO6/c1-6-3-13(4-7(2)18-6)12-11(17)10(16)9(15)8(5-14)19-12/h6-12,14-17H,3-5H2,1-2H3/t6?,7?,8-,9-,10+,11-,12?/m1/s1. The summed E-state index contributed by atoms with van der Waals surface area (Å²) >= 11 is 0. The Morgan fingerprint density at radius 1 is 0.947 bits per heavy atom. The molecule has 7 atom stereocenters. The van der Waals surface area contributed by atoms with Crippen LogP contribution in [-0.2, 0) is 9.47 Å². The summed E-state index contributed by atoms with van der Waals surface area (Å²) in [7, 11) is 0. The molecule has 19 heavy (non-hydrogen) atoms. The van der Waals surface area contributed by atoms with Gasteiger partial charge in [0.25, 0.3) is 0 Å². The molecule has 0 aromatic carbocycles. The fourth-order valence-corrected chi connectivity index (χ4v) is 2.81. The van der Waals surface area contributed by atoms with E-state index in [0.29, 0.717) is 13.1 Å². The molecule has 0 aromatic heterocycles. The highest BCUT2D eigenvalue weighted by Gasteiger charge is 2.46. The van der Waals surface area contributed by atoms with Gasteiger partial charge < -0.3 is 29.9 Å². The van der Waals surface area contributed by atoms with Crippen LogP contribution in [0.3, 0.4) is 0 Å². The average molecular weight is 277 g/mol. The molecule has 4 N–H and O–H groups in total. The van der Waals surface area contributed by atoms with Gasteiger partial charge in [-0.3, -0.25) is 4.90 Å². The largest absolute Gasteiger partial charge is 0.394 e. The molecule has 2 saturated heterocycles. The molecule has 0 bridgehead atoms. The van der Waals surface area contributed by atoms with Crippen molar-refractivity contribution >= 4 is 0 Å². The van der Waals surface area contributed by atoms with Gasteiger partial charge in [0.2, 0.25) is 0 Å². The van der Waals surface area contributed by atoms with Crippen LogP contribution in [-0.4, -0.2) is 87.9 Å². The van der Waals surface area contributed by atoms with Crippen molar-refractivity contribution in [3.8, 4) is 0 Å². The van der Waals surface area contributed by atoms with Crippen LogP contribution in [0, 0.1) is 0 Å². The van der Waals surface area contributed by atoms with Crippen LogP contribution in [0.25, 0.3) is 0 Å². The monoisotopic (exact) mass is 277 g/mol. The molecule has 2 fully saturated rings.